The van der Waals surface area contributed by atoms with Crippen LogP contribution >= 0.6 is 11.8 Å². The molecule has 2 heterocycles. The Morgan fingerprint density at radius 1 is 1.17 bits per heavy atom. The molecule has 0 aliphatic heterocycles. The molecule has 0 aliphatic carbocycles. The Balaban J connectivity index is 1.56. The predicted molar refractivity (Wildman–Crippen MR) is 111 cm³/mol. The first-order chi connectivity index (χ1) is 14.0. The molecule has 1 unspecified atom stereocenters. The standard InChI is InChI=1S/C21H18N4O3S/c1-13-8-10-15(11-9-13)25-20(21(27)28-24-25)29-14(2)19(26)23-18-7-3-6-17-16(18)5-4-12-22-17/h3-12,14H,1-2H3,(H-,22,23,24,26,27)/p+1. The number of aromatic nitrogens is 3. The van der Waals surface area contributed by atoms with Gasteiger partial charge in [0.1, 0.15) is 0 Å². The van der Waals surface area contributed by atoms with Crippen molar-refractivity contribution < 1.29 is 14.0 Å². The number of anilines is 1. The highest BCUT2D eigenvalue weighted by Gasteiger charge is 2.29. The van der Waals surface area contributed by atoms with Crippen LogP contribution in [-0.4, -0.2) is 21.4 Å². The molecule has 2 N–H and O–H groups in total. The van der Waals surface area contributed by atoms with Crippen molar-refractivity contribution in [3.8, 4) is 5.69 Å². The lowest BCUT2D eigenvalue weighted by atomic mass is 10.2. The molecule has 7 nitrogen and oxygen atoms in total. The average Bonchev–Trinajstić information content (AvgIpc) is 3.09. The van der Waals surface area contributed by atoms with Gasteiger partial charge in [-0.05, 0) is 59.8 Å². The van der Waals surface area contributed by atoms with E-state index in [2.05, 4.69) is 15.6 Å². The summed E-state index contributed by atoms with van der Waals surface area (Å²) in [6, 6.07) is 16.9. The second-order valence-electron chi connectivity index (χ2n) is 6.58. The number of aryl methyl sites for hydroxylation is 1. The Morgan fingerprint density at radius 2 is 1.97 bits per heavy atom. The molecule has 0 aliphatic rings. The number of pyridine rings is 1. The number of aromatic amines is 1. The molecule has 0 radical (unpaired) electrons. The Morgan fingerprint density at radius 3 is 2.76 bits per heavy atom. The van der Waals surface area contributed by atoms with Gasteiger partial charge in [0.25, 0.3) is 0 Å². The van der Waals surface area contributed by atoms with Crippen molar-refractivity contribution in [2.24, 2.45) is 0 Å². The van der Waals surface area contributed by atoms with E-state index in [1.807, 2.05) is 61.5 Å². The Kier molecular flexibility index (Phi) is 5.18. The number of H-pyrrole nitrogens is 1. The lowest BCUT2D eigenvalue weighted by Gasteiger charge is -2.11. The third-order valence-electron chi connectivity index (χ3n) is 4.46. The minimum atomic E-state index is -0.530. The monoisotopic (exact) mass is 407 g/mol. The van der Waals surface area contributed by atoms with Crippen molar-refractivity contribution in [2.75, 3.05) is 5.32 Å². The van der Waals surface area contributed by atoms with E-state index in [1.165, 1.54) is 4.68 Å². The van der Waals surface area contributed by atoms with Crippen molar-refractivity contribution >= 4 is 34.3 Å². The predicted octanol–water partition coefficient (Wildman–Crippen LogP) is 3.22. The number of thioether (sulfide) groups is 1. The molecule has 2 aromatic heterocycles. The van der Waals surface area contributed by atoms with Crippen molar-refractivity contribution in [3.63, 3.8) is 0 Å². The number of nitrogens with zero attached hydrogens (tertiary/aromatic N) is 2. The molecule has 0 saturated heterocycles. The first kappa shape index (κ1) is 18.9. The second kappa shape index (κ2) is 7.92. The highest BCUT2D eigenvalue weighted by Crippen LogP contribution is 2.24. The summed E-state index contributed by atoms with van der Waals surface area (Å²) in [5, 5.41) is 6.16. The minimum absolute atomic E-state index is 0.220. The Hall–Kier alpha value is -3.39. The number of carbonyl (C=O) groups is 1. The van der Waals surface area contributed by atoms with E-state index in [-0.39, 0.29) is 5.91 Å². The van der Waals surface area contributed by atoms with E-state index in [0.29, 0.717) is 10.7 Å². The summed E-state index contributed by atoms with van der Waals surface area (Å²) in [4.78, 5) is 29.3. The maximum atomic E-state index is 12.8. The van der Waals surface area contributed by atoms with E-state index >= 15 is 0 Å². The van der Waals surface area contributed by atoms with Gasteiger partial charge in [-0.3, -0.25) is 14.3 Å². The first-order valence-corrected chi connectivity index (χ1v) is 9.93. The first-order valence-electron chi connectivity index (χ1n) is 9.05. The zero-order valence-corrected chi connectivity index (χ0v) is 16.7. The third kappa shape index (κ3) is 3.93. The molecule has 1 amide bonds. The molecular formula is C21H19N4O3S+. The molecular weight excluding hydrogens is 388 g/mol. The summed E-state index contributed by atoms with van der Waals surface area (Å²) in [5.41, 5.74) is 2.81. The normalized spacial score (nSPS) is 12.1. The number of carbonyl (C=O) groups excluding carboxylic acids is 1. The van der Waals surface area contributed by atoms with Crippen LogP contribution in [0, 0.1) is 6.92 Å². The summed E-state index contributed by atoms with van der Waals surface area (Å²) < 4.78 is 6.50. The fraction of sp³-hybridized carbons (Fsp3) is 0.143. The second-order valence-corrected chi connectivity index (χ2v) is 7.91. The SMILES string of the molecule is Cc1ccc(-[n+]2[nH]oc(=O)c2SC(C)C(=O)Nc2cccc3ncccc23)cc1. The Labute approximate surface area is 170 Å². The van der Waals surface area contributed by atoms with Gasteiger partial charge < -0.3 is 5.32 Å². The quantitative estimate of drug-likeness (QED) is 0.391. The van der Waals surface area contributed by atoms with Crippen LogP contribution in [0.3, 0.4) is 0 Å². The lowest BCUT2D eigenvalue weighted by Crippen LogP contribution is -2.37. The average molecular weight is 407 g/mol. The summed E-state index contributed by atoms with van der Waals surface area (Å²) in [6.45, 7) is 3.73. The van der Waals surface area contributed by atoms with Gasteiger partial charge in [0.2, 0.25) is 11.6 Å². The van der Waals surface area contributed by atoms with Crippen LogP contribution in [0.4, 0.5) is 5.69 Å². The van der Waals surface area contributed by atoms with Crippen LogP contribution in [0.1, 0.15) is 12.5 Å². The molecule has 4 aromatic rings. The zero-order valence-electron chi connectivity index (χ0n) is 15.9. The van der Waals surface area contributed by atoms with E-state index in [0.717, 1.165) is 33.9 Å². The largest absolute Gasteiger partial charge is 0.442 e. The number of rotatable bonds is 5. The van der Waals surface area contributed by atoms with Crippen molar-refractivity contribution in [1.82, 2.24) is 10.3 Å². The topological polar surface area (TPSA) is 91.9 Å². The third-order valence-corrected chi connectivity index (χ3v) is 5.60. The van der Waals surface area contributed by atoms with Gasteiger partial charge in [-0.2, -0.15) is 0 Å². The number of amides is 1. The molecule has 0 spiro atoms. The number of hydrogen-bond acceptors (Lipinski definition) is 5. The van der Waals surface area contributed by atoms with E-state index in [9.17, 15) is 9.59 Å². The molecule has 0 bridgehead atoms. The molecule has 0 saturated carbocycles. The molecule has 146 valence electrons. The van der Waals surface area contributed by atoms with Gasteiger partial charge >= 0.3 is 10.7 Å². The van der Waals surface area contributed by atoms with E-state index < -0.39 is 10.9 Å². The van der Waals surface area contributed by atoms with Gasteiger partial charge in [0.15, 0.2) is 0 Å². The number of hydrogen-bond donors (Lipinski definition) is 2. The van der Waals surface area contributed by atoms with Gasteiger partial charge in [0.05, 0.1) is 16.5 Å². The number of fused-ring (bicyclic) bond motifs is 1. The highest BCUT2D eigenvalue weighted by molar-refractivity contribution is 8.00. The van der Waals surface area contributed by atoms with E-state index in [1.54, 1.807) is 13.1 Å². The van der Waals surface area contributed by atoms with E-state index in [4.69, 9.17) is 4.52 Å². The van der Waals surface area contributed by atoms with Crippen molar-refractivity contribution in [1.29, 1.82) is 0 Å². The maximum Gasteiger partial charge on any atom is 0.442 e. The van der Waals surface area contributed by atoms with Crippen LogP contribution in [-0.2, 0) is 4.79 Å². The fourth-order valence-corrected chi connectivity index (χ4v) is 3.78. The molecule has 2 aromatic carbocycles. The molecule has 4 rings (SSSR count). The Bertz CT molecular complexity index is 1230. The van der Waals surface area contributed by atoms with Gasteiger partial charge in [-0.25, -0.2) is 4.79 Å². The summed E-state index contributed by atoms with van der Waals surface area (Å²) in [6.07, 6.45) is 1.71. The summed E-state index contributed by atoms with van der Waals surface area (Å²) >= 11 is 1.13. The number of benzene rings is 2. The zero-order chi connectivity index (χ0) is 20.4. The van der Waals surface area contributed by atoms with Gasteiger partial charge in [0, 0.05) is 23.7 Å². The van der Waals surface area contributed by atoms with Gasteiger partial charge in [-0.15, -0.1) is 0 Å². The summed E-state index contributed by atoms with van der Waals surface area (Å²) in [7, 11) is 0. The van der Waals surface area contributed by atoms with Crippen molar-refractivity contribution in [2.45, 2.75) is 24.1 Å². The number of nitrogens with one attached hydrogen (secondary N) is 2. The van der Waals surface area contributed by atoms with Crippen LogP contribution in [0.25, 0.3) is 16.6 Å². The fourth-order valence-electron chi connectivity index (χ4n) is 2.90. The van der Waals surface area contributed by atoms with Gasteiger partial charge in [-0.1, -0.05) is 23.8 Å². The lowest BCUT2D eigenvalue weighted by molar-refractivity contribution is -0.704. The molecule has 0 fully saturated rings. The van der Waals surface area contributed by atoms with Crippen molar-refractivity contribution in [3.05, 3.63) is 76.8 Å². The molecule has 1 atom stereocenters. The van der Waals surface area contributed by atoms with Crippen LogP contribution in [0.15, 0.2) is 75.1 Å². The van der Waals surface area contributed by atoms with Crippen LogP contribution in [0.5, 0.6) is 0 Å². The maximum absolute atomic E-state index is 12.8. The smallest absolute Gasteiger partial charge is 0.324 e. The van der Waals surface area contributed by atoms with Crippen LogP contribution < -0.4 is 15.6 Å². The minimum Gasteiger partial charge on any atom is -0.324 e. The molecule has 29 heavy (non-hydrogen) atoms. The van der Waals surface area contributed by atoms with Crippen LogP contribution in [0.2, 0.25) is 0 Å². The molecule has 8 heteroatoms. The highest BCUT2D eigenvalue weighted by atomic mass is 32.2. The summed E-state index contributed by atoms with van der Waals surface area (Å²) in [5.74, 6) is -0.220.